The van der Waals surface area contributed by atoms with E-state index in [0.717, 1.165) is 62.2 Å². The summed E-state index contributed by atoms with van der Waals surface area (Å²) in [6.45, 7) is 11.4. The number of fused-ring (bicyclic) bond motifs is 1. The lowest BCUT2D eigenvalue weighted by molar-refractivity contribution is 0.309. The molecule has 0 radical (unpaired) electrons. The first-order valence-corrected chi connectivity index (χ1v) is 9.75. The van der Waals surface area contributed by atoms with E-state index in [9.17, 15) is 0 Å². The van der Waals surface area contributed by atoms with Crippen molar-refractivity contribution < 1.29 is 0 Å². The fourth-order valence-electron chi connectivity index (χ4n) is 3.58. The van der Waals surface area contributed by atoms with Gasteiger partial charge in [0.25, 0.3) is 0 Å². The molecular formula is C20H29N7. The normalized spacial score (nSPS) is 18.1. The van der Waals surface area contributed by atoms with Gasteiger partial charge in [-0.15, -0.1) is 10.2 Å². The highest BCUT2D eigenvalue weighted by molar-refractivity contribution is 5.43. The van der Waals surface area contributed by atoms with E-state index in [1.54, 1.807) is 0 Å². The van der Waals surface area contributed by atoms with Gasteiger partial charge in [-0.2, -0.15) is 10.2 Å². The van der Waals surface area contributed by atoms with Crippen LogP contribution in [0.15, 0.2) is 18.2 Å². The van der Waals surface area contributed by atoms with Crippen molar-refractivity contribution in [3.8, 4) is 0 Å². The van der Waals surface area contributed by atoms with E-state index in [1.165, 1.54) is 5.56 Å². The van der Waals surface area contributed by atoms with Gasteiger partial charge in [-0.25, -0.2) is 0 Å². The molecule has 1 saturated heterocycles. The van der Waals surface area contributed by atoms with Gasteiger partial charge in [-0.1, -0.05) is 20.8 Å². The molecule has 0 aromatic carbocycles. The Balaban J connectivity index is 1.28. The fourth-order valence-corrected chi connectivity index (χ4v) is 3.58. The number of aromatic nitrogens is 4. The molecule has 7 heteroatoms. The fraction of sp³-hybridized carbons (Fsp3) is 0.600. The predicted molar refractivity (Wildman–Crippen MR) is 107 cm³/mol. The van der Waals surface area contributed by atoms with Crippen LogP contribution in [0.5, 0.6) is 0 Å². The second-order valence-electron chi connectivity index (χ2n) is 8.87. The molecule has 0 amide bonds. The van der Waals surface area contributed by atoms with Crippen LogP contribution < -0.4 is 10.2 Å². The first-order chi connectivity index (χ1) is 12.9. The van der Waals surface area contributed by atoms with Crippen LogP contribution in [-0.4, -0.2) is 58.5 Å². The average Bonchev–Trinajstić information content (AvgIpc) is 2.59. The molecule has 2 aromatic rings. The van der Waals surface area contributed by atoms with E-state index in [2.05, 4.69) is 81.5 Å². The van der Waals surface area contributed by atoms with E-state index in [1.807, 2.05) is 0 Å². The van der Waals surface area contributed by atoms with Crippen LogP contribution in [0.3, 0.4) is 0 Å². The molecule has 2 aromatic heterocycles. The van der Waals surface area contributed by atoms with Gasteiger partial charge >= 0.3 is 0 Å². The van der Waals surface area contributed by atoms with Gasteiger partial charge in [-0.05, 0) is 30.8 Å². The molecule has 0 saturated carbocycles. The standard InChI is InChI=1S/C20H29N7/c1-20(2,3)17-5-6-19(25-23-17)27-11-14(12-27)10-21-18-9-15-13-26(4)8-7-16(15)22-24-18/h5-6,9,14H,7-8,10-13H2,1-4H3,(H,21,24). The van der Waals surface area contributed by atoms with Crippen molar-refractivity contribution in [1.29, 1.82) is 0 Å². The Hall–Kier alpha value is -2.28. The number of rotatable bonds is 4. The molecule has 0 bridgehead atoms. The third-order valence-corrected chi connectivity index (χ3v) is 5.40. The highest BCUT2D eigenvalue weighted by atomic mass is 15.3. The lowest BCUT2D eigenvalue weighted by Gasteiger charge is -2.40. The summed E-state index contributed by atoms with van der Waals surface area (Å²) < 4.78 is 0. The Morgan fingerprint density at radius 3 is 2.63 bits per heavy atom. The lowest BCUT2D eigenvalue weighted by Crippen LogP contribution is -2.50. The zero-order valence-electron chi connectivity index (χ0n) is 16.7. The Labute approximate surface area is 161 Å². The van der Waals surface area contributed by atoms with E-state index in [-0.39, 0.29) is 5.41 Å². The molecule has 2 aliphatic heterocycles. The molecule has 2 aliphatic rings. The van der Waals surface area contributed by atoms with Crippen LogP contribution in [0.2, 0.25) is 0 Å². The molecule has 1 fully saturated rings. The minimum atomic E-state index is 0.0393. The molecule has 0 aliphatic carbocycles. The lowest BCUT2D eigenvalue weighted by atomic mass is 9.92. The quantitative estimate of drug-likeness (QED) is 0.887. The number of anilines is 2. The van der Waals surface area contributed by atoms with Gasteiger partial charge in [0.1, 0.15) is 5.82 Å². The number of likely N-dealkylation sites (N-methyl/N-ethyl adjacent to an activating group) is 1. The Morgan fingerprint density at radius 2 is 1.93 bits per heavy atom. The van der Waals surface area contributed by atoms with Crippen molar-refractivity contribution in [3.05, 3.63) is 35.2 Å². The van der Waals surface area contributed by atoms with E-state index < -0.39 is 0 Å². The van der Waals surface area contributed by atoms with Gasteiger partial charge < -0.3 is 15.1 Å². The molecule has 4 rings (SSSR count). The van der Waals surface area contributed by atoms with Crippen molar-refractivity contribution in [2.24, 2.45) is 5.92 Å². The summed E-state index contributed by atoms with van der Waals surface area (Å²) in [5.41, 5.74) is 3.51. The summed E-state index contributed by atoms with van der Waals surface area (Å²) in [6, 6.07) is 6.33. The molecule has 1 N–H and O–H groups in total. The summed E-state index contributed by atoms with van der Waals surface area (Å²) in [6.07, 6.45) is 0.992. The Kier molecular flexibility index (Phi) is 4.72. The Morgan fingerprint density at radius 1 is 1.11 bits per heavy atom. The van der Waals surface area contributed by atoms with Crippen molar-refractivity contribution in [3.63, 3.8) is 0 Å². The third-order valence-electron chi connectivity index (χ3n) is 5.40. The zero-order chi connectivity index (χ0) is 19.0. The van der Waals surface area contributed by atoms with Crippen molar-refractivity contribution in [2.45, 2.75) is 39.2 Å². The van der Waals surface area contributed by atoms with Crippen LogP contribution in [-0.2, 0) is 18.4 Å². The third kappa shape index (κ3) is 4.03. The van der Waals surface area contributed by atoms with Crippen LogP contribution in [0.25, 0.3) is 0 Å². The van der Waals surface area contributed by atoms with Crippen molar-refractivity contribution in [2.75, 3.05) is 43.4 Å². The molecule has 0 unspecified atom stereocenters. The van der Waals surface area contributed by atoms with Crippen LogP contribution in [0.4, 0.5) is 11.6 Å². The molecule has 7 nitrogen and oxygen atoms in total. The van der Waals surface area contributed by atoms with Gasteiger partial charge in [-0.3, -0.25) is 0 Å². The second-order valence-corrected chi connectivity index (χ2v) is 8.87. The zero-order valence-corrected chi connectivity index (χ0v) is 16.7. The molecule has 0 spiro atoms. The molecule has 4 heterocycles. The van der Waals surface area contributed by atoms with Gasteiger partial charge in [0.15, 0.2) is 5.82 Å². The average molecular weight is 368 g/mol. The number of nitrogens with zero attached hydrogens (tertiary/aromatic N) is 6. The monoisotopic (exact) mass is 367 g/mol. The number of hydrogen-bond donors (Lipinski definition) is 1. The molecule has 0 atom stereocenters. The Bertz CT molecular complexity index is 791. The maximum absolute atomic E-state index is 4.40. The maximum Gasteiger partial charge on any atom is 0.151 e. The summed E-state index contributed by atoms with van der Waals surface area (Å²) in [7, 11) is 2.15. The first-order valence-electron chi connectivity index (χ1n) is 9.75. The molecule has 27 heavy (non-hydrogen) atoms. The molecular weight excluding hydrogens is 338 g/mol. The smallest absolute Gasteiger partial charge is 0.151 e. The molecule has 144 valence electrons. The minimum Gasteiger partial charge on any atom is -0.368 e. The number of hydrogen-bond acceptors (Lipinski definition) is 7. The van der Waals surface area contributed by atoms with Gasteiger partial charge in [0, 0.05) is 50.5 Å². The predicted octanol–water partition coefficient (Wildman–Crippen LogP) is 2.10. The minimum absolute atomic E-state index is 0.0393. The summed E-state index contributed by atoms with van der Waals surface area (Å²) in [4.78, 5) is 4.60. The largest absolute Gasteiger partial charge is 0.368 e. The number of nitrogens with one attached hydrogen (secondary N) is 1. The summed E-state index contributed by atoms with van der Waals surface area (Å²) in [5.74, 6) is 2.45. The van der Waals surface area contributed by atoms with E-state index in [4.69, 9.17) is 0 Å². The van der Waals surface area contributed by atoms with Crippen LogP contribution in [0.1, 0.15) is 37.7 Å². The van der Waals surface area contributed by atoms with Gasteiger partial charge in [0.05, 0.1) is 11.4 Å². The van der Waals surface area contributed by atoms with Crippen molar-refractivity contribution >= 4 is 11.6 Å². The highest BCUT2D eigenvalue weighted by Gasteiger charge is 2.28. The van der Waals surface area contributed by atoms with E-state index >= 15 is 0 Å². The van der Waals surface area contributed by atoms with Crippen LogP contribution in [0, 0.1) is 5.92 Å². The SMILES string of the molecule is CN1CCc2nnc(NCC3CN(c4ccc(C(C)(C)C)nn4)C3)cc2C1. The van der Waals surface area contributed by atoms with Crippen molar-refractivity contribution in [1.82, 2.24) is 25.3 Å². The van der Waals surface area contributed by atoms with E-state index in [0.29, 0.717) is 5.92 Å². The first kappa shape index (κ1) is 18.1. The van der Waals surface area contributed by atoms with Crippen LogP contribution >= 0.6 is 0 Å². The summed E-state index contributed by atoms with van der Waals surface area (Å²) in [5, 5.41) is 21.0. The maximum atomic E-state index is 4.40. The second kappa shape index (κ2) is 7.03. The summed E-state index contributed by atoms with van der Waals surface area (Å²) >= 11 is 0. The highest BCUT2D eigenvalue weighted by Crippen LogP contribution is 2.25. The topological polar surface area (TPSA) is 70.1 Å². The van der Waals surface area contributed by atoms with Gasteiger partial charge in [0.2, 0.25) is 0 Å².